The van der Waals surface area contributed by atoms with E-state index in [1.54, 1.807) is 29.7 Å². The highest BCUT2D eigenvalue weighted by molar-refractivity contribution is 5.98. The molecule has 10 heteroatoms. The number of carboxylic acids is 1. The molecule has 26 heavy (non-hydrogen) atoms. The smallest absolute Gasteiger partial charge is 0.322 e. The number of amides is 1. The van der Waals surface area contributed by atoms with Crippen LogP contribution in [0.15, 0.2) is 24.5 Å². The largest absolute Gasteiger partial charge is 0.480 e. The molecule has 0 unspecified atom stereocenters. The zero-order valence-electron chi connectivity index (χ0n) is 13.9. The molecule has 2 heterocycles. The maximum absolute atomic E-state index is 11.8. The number of imidazole rings is 2. The predicted octanol–water partition coefficient (Wildman–Crippen LogP) is 0.220. The van der Waals surface area contributed by atoms with Gasteiger partial charge in [0.1, 0.15) is 24.6 Å². The summed E-state index contributed by atoms with van der Waals surface area (Å²) in [7, 11) is 0. The van der Waals surface area contributed by atoms with E-state index in [0.717, 1.165) is 5.52 Å². The fourth-order valence-electron chi connectivity index (χ4n) is 2.51. The Morgan fingerprint density at radius 2 is 2.19 bits per heavy atom. The van der Waals surface area contributed by atoms with Crippen LogP contribution in [0.4, 0.5) is 0 Å². The summed E-state index contributed by atoms with van der Waals surface area (Å²) in [5.74, 6) is -1.03. The van der Waals surface area contributed by atoms with Gasteiger partial charge in [-0.05, 0) is 25.1 Å². The number of rotatable bonds is 6. The lowest BCUT2D eigenvalue weighted by Gasteiger charge is -2.05. The molecule has 3 aromatic rings. The van der Waals surface area contributed by atoms with Gasteiger partial charge in [-0.3, -0.25) is 15.0 Å². The van der Waals surface area contributed by atoms with Gasteiger partial charge in [-0.2, -0.15) is 0 Å². The molecular formula is C16H17N7O3. The first kappa shape index (κ1) is 17.1. The number of fused-ring (bicyclic) bond motifs is 1. The number of amidine groups is 1. The molecule has 0 fully saturated rings. The van der Waals surface area contributed by atoms with Crippen molar-refractivity contribution in [3.8, 4) is 11.5 Å². The van der Waals surface area contributed by atoms with Crippen molar-refractivity contribution in [3.05, 3.63) is 35.8 Å². The third-order valence-electron chi connectivity index (χ3n) is 3.87. The van der Waals surface area contributed by atoms with E-state index in [1.807, 2.05) is 0 Å². The number of carboxylic acid groups (broad SMARTS) is 1. The van der Waals surface area contributed by atoms with E-state index < -0.39 is 18.4 Å². The lowest BCUT2D eigenvalue weighted by atomic mass is 10.2. The molecule has 0 aliphatic heterocycles. The van der Waals surface area contributed by atoms with Crippen molar-refractivity contribution in [2.45, 2.75) is 13.5 Å². The first-order chi connectivity index (χ1) is 12.3. The van der Waals surface area contributed by atoms with Crippen LogP contribution < -0.4 is 11.1 Å². The number of aromatic nitrogens is 4. The Morgan fingerprint density at radius 3 is 2.88 bits per heavy atom. The van der Waals surface area contributed by atoms with Crippen LogP contribution in [0.1, 0.15) is 11.3 Å². The van der Waals surface area contributed by atoms with Crippen LogP contribution in [0.25, 0.3) is 22.6 Å². The monoisotopic (exact) mass is 355 g/mol. The van der Waals surface area contributed by atoms with Crippen LogP contribution in [0.2, 0.25) is 0 Å². The molecular weight excluding hydrogens is 338 g/mol. The molecule has 134 valence electrons. The molecule has 10 nitrogen and oxygen atoms in total. The minimum atomic E-state index is -1.10. The van der Waals surface area contributed by atoms with Crippen LogP contribution in [0.3, 0.4) is 0 Å². The first-order valence-electron chi connectivity index (χ1n) is 7.70. The van der Waals surface area contributed by atoms with E-state index in [1.165, 1.54) is 6.33 Å². The number of hydrogen-bond donors (Lipinski definition) is 5. The molecule has 0 atom stereocenters. The summed E-state index contributed by atoms with van der Waals surface area (Å²) in [4.78, 5) is 34.2. The molecule has 2 aromatic heterocycles. The number of nitrogens with two attached hydrogens (primary N) is 1. The van der Waals surface area contributed by atoms with Gasteiger partial charge in [-0.15, -0.1) is 0 Å². The van der Waals surface area contributed by atoms with E-state index in [0.29, 0.717) is 28.3 Å². The topological polar surface area (TPSA) is 163 Å². The van der Waals surface area contributed by atoms with Crippen LogP contribution in [0.5, 0.6) is 0 Å². The fourth-order valence-corrected chi connectivity index (χ4v) is 2.51. The number of carbonyl (C=O) groups is 2. The molecule has 3 rings (SSSR count). The second-order valence-electron chi connectivity index (χ2n) is 5.71. The summed E-state index contributed by atoms with van der Waals surface area (Å²) in [6.45, 7) is 1.32. The van der Waals surface area contributed by atoms with Crippen LogP contribution in [-0.4, -0.2) is 48.9 Å². The van der Waals surface area contributed by atoms with E-state index in [4.69, 9.17) is 16.2 Å². The van der Waals surface area contributed by atoms with Crippen molar-refractivity contribution in [1.29, 1.82) is 5.41 Å². The summed E-state index contributed by atoms with van der Waals surface area (Å²) in [5, 5.41) is 18.4. The Morgan fingerprint density at radius 1 is 1.42 bits per heavy atom. The van der Waals surface area contributed by atoms with Crippen molar-refractivity contribution >= 4 is 28.7 Å². The molecule has 0 aliphatic carbocycles. The lowest BCUT2D eigenvalue weighted by molar-refractivity contribution is -0.138. The molecule has 1 amide bonds. The third-order valence-corrected chi connectivity index (χ3v) is 3.87. The SMILES string of the molecule is Cc1c(-c2nc3cc(C(=N)N)ccc3[nH]2)ncn1CC(=O)NCC(=O)O. The van der Waals surface area contributed by atoms with Crippen LogP contribution in [-0.2, 0) is 16.1 Å². The maximum atomic E-state index is 11.8. The summed E-state index contributed by atoms with van der Waals surface area (Å²) >= 11 is 0. The average Bonchev–Trinajstić information content (AvgIpc) is 3.16. The number of benzene rings is 1. The quantitative estimate of drug-likeness (QED) is 0.314. The highest BCUT2D eigenvalue weighted by Gasteiger charge is 2.15. The van der Waals surface area contributed by atoms with Gasteiger partial charge in [0.15, 0.2) is 5.82 Å². The van der Waals surface area contributed by atoms with E-state index in [-0.39, 0.29) is 12.4 Å². The Labute approximate surface area is 147 Å². The lowest BCUT2D eigenvalue weighted by Crippen LogP contribution is -2.32. The molecule has 0 radical (unpaired) electrons. The highest BCUT2D eigenvalue weighted by Crippen LogP contribution is 2.23. The zero-order valence-corrected chi connectivity index (χ0v) is 13.9. The molecule has 0 bridgehead atoms. The van der Waals surface area contributed by atoms with Crippen LogP contribution >= 0.6 is 0 Å². The molecule has 0 saturated carbocycles. The first-order valence-corrected chi connectivity index (χ1v) is 7.70. The molecule has 6 N–H and O–H groups in total. The van der Waals surface area contributed by atoms with Crippen molar-refractivity contribution in [2.24, 2.45) is 5.73 Å². The van der Waals surface area contributed by atoms with Crippen molar-refractivity contribution in [2.75, 3.05) is 6.54 Å². The Bertz CT molecular complexity index is 1020. The molecule has 1 aromatic carbocycles. The van der Waals surface area contributed by atoms with E-state index in [2.05, 4.69) is 20.3 Å². The zero-order chi connectivity index (χ0) is 18.8. The summed E-state index contributed by atoms with van der Waals surface area (Å²) in [6, 6.07) is 5.22. The van der Waals surface area contributed by atoms with Crippen LogP contribution in [0, 0.1) is 12.3 Å². The second kappa shape index (κ2) is 6.67. The van der Waals surface area contributed by atoms with Crippen molar-refractivity contribution < 1.29 is 14.7 Å². The van der Waals surface area contributed by atoms with E-state index in [9.17, 15) is 9.59 Å². The van der Waals surface area contributed by atoms with Gasteiger partial charge in [-0.25, -0.2) is 9.97 Å². The number of nitrogens with zero attached hydrogens (tertiary/aromatic N) is 3. The highest BCUT2D eigenvalue weighted by atomic mass is 16.4. The van der Waals surface area contributed by atoms with Crippen molar-refractivity contribution in [3.63, 3.8) is 0 Å². The molecule has 0 saturated heterocycles. The van der Waals surface area contributed by atoms with Gasteiger partial charge in [0.05, 0.1) is 17.4 Å². The second-order valence-corrected chi connectivity index (χ2v) is 5.71. The Hall–Kier alpha value is -3.69. The maximum Gasteiger partial charge on any atom is 0.322 e. The van der Waals surface area contributed by atoms with Gasteiger partial charge in [-0.1, -0.05) is 0 Å². The number of nitrogen functional groups attached to an aromatic ring is 1. The average molecular weight is 355 g/mol. The van der Waals surface area contributed by atoms with E-state index >= 15 is 0 Å². The fraction of sp³-hybridized carbons (Fsp3) is 0.188. The number of H-pyrrole nitrogens is 1. The minimum absolute atomic E-state index is 0.0377. The van der Waals surface area contributed by atoms with Crippen molar-refractivity contribution in [1.82, 2.24) is 24.8 Å². The predicted molar refractivity (Wildman–Crippen MR) is 93.7 cm³/mol. The third kappa shape index (κ3) is 3.38. The Balaban J connectivity index is 1.85. The normalized spacial score (nSPS) is 10.8. The number of hydrogen-bond acceptors (Lipinski definition) is 5. The number of aliphatic carboxylic acids is 1. The molecule has 0 aliphatic rings. The standard InChI is InChI=1S/C16H17N7O3/c1-8-14(20-7-23(8)6-12(24)19-5-13(25)26)16-21-10-3-2-9(15(17)18)4-11(10)22-16/h2-4,7H,5-6H2,1H3,(H3,17,18)(H,19,24)(H,21,22)(H,25,26). The van der Waals surface area contributed by atoms with Gasteiger partial charge in [0, 0.05) is 11.3 Å². The minimum Gasteiger partial charge on any atom is -0.480 e. The van der Waals surface area contributed by atoms with Gasteiger partial charge >= 0.3 is 5.97 Å². The Kier molecular flexibility index (Phi) is 4.40. The molecule has 0 spiro atoms. The number of carbonyl (C=O) groups excluding carboxylic acids is 1. The number of nitrogens with one attached hydrogen (secondary N) is 3. The summed E-state index contributed by atoms with van der Waals surface area (Å²) in [5.41, 5.74) is 8.79. The van der Waals surface area contributed by atoms with Gasteiger partial charge < -0.3 is 25.7 Å². The van der Waals surface area contributed by atoms with Gasteiger partial charge in [0.2, 0.25) is 5.91 Å². The summed E-state index contributed by atoms with van der Waals surface area (Å²) < 4.78 is 1.61. The van der Waals surface area contributed by atoms with Gasteiger partial charge in [0.25, 0.3) is 0 Å². The number of aromatic amines is 1. The summed E-state index contributed by atoms with van der Waals surface area (Å²) in [6.07, 6.45) is 1.50.